The number of benzene rings is 1. The Morgan fingerprint density at radius 2 is 1.84 bits per heavy atom. The van der Waals surface area contributed by atoms with Crippen molar-refractivity contribution in [2.24, 2.45) is 0 Å². The van der Waals surface area contributed by atoms with Crippen molar-refractivity contribution in [3.8, 4) is 11.5 Å². The van der Waals surface area contributed by atoms with Crippen LogP contribution in [0.1, 0.15) is 12.5 Å². The van der Waals surface area contributed by atoms with Crippen molar-refractivity contribution in [3.05, 3.63) is 48.0 Å². The number of nitrogens with zero attached hydrogens (tertiary/aromatic N) is 7. The van der Waals surface area contributed by atoms with Crippen LogP contribution in [-0.4, -0.2) is 55.9 Å². The minimum Gasteiger partial charge on any atom is -0.379 e. The minimum absolute atomic E-state index is 0.210. The second kappa shape index (κ2) is 7.95. The van der Waals surface area contributed by atoms with E-state index >= 15 is 0 Å². The molecule has 0 unspecified atom stereocenters. The number of anilines is 2. The molecule has 31 heavy (non-hydrogen) atoms. The fraction of sp³-hybridized carbons (Fsp3) is 0.333. The molecule has 10 heteroatoms. The van der Waals surface area contributed by atoms with Gasteiger partial charge in [0.1, 0.15) is 11.3 Å². The minimum atomic E-state index is -0.210. The van der Waals surface area contributed by atoms with Crippen LogP contribution in [0.25, 0.3) is 22.6 Å². The quantitative estimate of drug-likeness (QED) is 0.524. The largest absolute Gasteiger partial charge is 0.379 e. The molecule has 0 saturated carbocycles. The van der Waals surface area contributed by atoms with E-state index in [-0.39, 0.29) is 11.6 Å². The van der Waals surface area contributed by atoms with Gasteiger partial charge in [-0.25, -0.2) is 14.0 Å². The molecule has 1 saturated heterocycles. The van der Waals surface area contributed by atoms with Crippen molar-refractivity contribution in [2.45, 2.75) is 20.0 Å². The summed E-state index contributed by atoms with van der Waals surface area (Å²) < 4.78 is 20.1. The highest BCUT2D eigenvalue weighted by atomic mass is 19.1. The predicted molar refractivity (Wildman–Crippen MR) is 115 cm³/mol. The maximum atomic E-state index is 13.2. The number of fused-ring (bicyclic) bond motifs is 1. The Morgan fingerprint density at radius 3 is 2.52 bits per heavy atom. The zero-order chi connectivity index (χ0) is 21.4. The van der Waals surface area contributed by atoms with Gasteiger partial charge >= 0.3 is 0 Å². The van der Waals surface area contributed by atoms with E-state index in [4.69, 9.17) is 15.3 Å². The molecule has 1 aromatic carbocycles. The highest BCUT2D eigenvalue weighted by molar-refractivity contribution is 5.83. The molecule has 1 aliphatic rings. The van der Waals surface area contributed by atoms with Crippen molar-refractivity contribution in [3.63, 3.8) is 0 Å². The number of hydrogen-bond donors (Lipinski definition) is 1. The number of hydrogen-bond acceptors (Lipinski definition) is 8. The molecule has 0 spiro atoms. The van der Waals surface area contributed by atoms with Crippen LogP contribution >= 0.6 is 0 Å². The van der Waals surface area contributed by atoms with Gasteiger partial charge < -0.3 is 15.2 Å². The van der Waals surface area contributed by atoms with Crippen LogP contribution in [0.2, 0.25) is 0 Å². The lowest BCUT2D eigenvalue weighted by molar-refractivity contribution is 0.250. The van der Waals surface area contributed by atoms with Gasteiger partial charge in [-0.15, -0.1) is 0 Å². The summed E-state index contributed by atoms with van der Waals surface area (Å²) in [6, 6.07) is 6.69. The van der Waals surface area contributed by atoms with E-state index < -0.39 is 0 Å². The molecule has 0 radical (unpaired) electrons. The highest BCUT2D eigenvalue weighted by Crippen LogP contribution is 2.29. The summed E-state index contributed by atoms with van der Waals surface area (Å²) in [6.07, 6.45) is 3.65. The first-order chi connectivity index (χ1) is 15.1. The van der Waals surface area contributed by atoms with Crippen LogP contribution in [0.3, 0.4) is 0 Å². The summed E-state index contributed by atoms with van der Waals surface area (Å²) in [5.41, 5.74) is 10.3. The zero-order valence-electron chi connectivity index (χ0n) is 17.2. The van der Waals surface area contributed by atoms with Crippen molar-refractivity contribution in [1.29, 1.82) is 0 Å². The normalized spacial score (nSPS) is 15.1. The lowest BCUT2D eigenvalue weighted by atomic mass is 10.2. The summed E-state index contributed by atoms with van der Waals surface area (Å²) in [5, 5.41) is 7.60. The lowest BCUT2D eigenvalue weighted by Gasteiger charge is -2.36. The highest BCUT2D eigenvalue weighted by Gasteiger charge is 2.23. The SMILES string of the molecule is CCn1c(-c2nonc2N)nc2cncc(CN3CCN(c4ccc(F)cc4)CC3)c21. The zero-order valence-corrected chi connectivity index (χ0v) is 17.2. The number of nitrogen functional groups attached to an aromatic ring is 1. The topological polar surface area (TPSA) is 102 Å². The van der Waals surface area contributed by atoms with Crippen LogP contribution in [0, 0.1) is 5.82 Å². The molecule has 160 valence electrons. The maximum absolute atomic E-state index is 13.2. The molecular formula is C21H23FN8O. The Morgan fingerprint density at radius 1 is 1.06 bits per heavy atom. The molecule has 4 heterocycles. The van der Waals surface area contributed by atoms with Gasteiger partial charge in [0, 0.05) is 56.7 Å². The molecule has 5 rings (SSSR count). The molecule has 9 nitrogen and oxygen atoms in total. The van der Waals surface area contributed by atoms with Crippen molar-refractivity contribution in [1.82, 2.24) is 29.7 Å². The Bertz CT molecular complexity index is 1190. The molecule has 0 amide bonds. The average molecular weight is 422 g/mol. The third-order valence-electron chi connectivity index (χ3n) is 5.73. The number of pyridine rings is 1. The van der Waals surface area contributed by atoms with Crippen molar-refractivity contribution >= 4 is 22.5 Å². The molecule has 0 aliphatic carbocycles. The number of piperazine rings is 1. The van der Waals surface area contributed by atoms with E-state index in [0.29, 0.717) is 18.1 Å². The van der Waals surface area contributed by atoms with Gasteiger partial charge in [-0.3, -0.25) is 9.88 Å². The van der Waals surface area contributed by atoms with E-state index in [0.717, 1.165) is 55.0 Å². The summed E-state index contributed by atoms with van der Waals surface area (Å²) in [7, 11) is 0. The van der Waals surface area contributed by atoms with Gasteiger partial charge in [0.25, 0.3) is 0 Å². The van der Waals surface area contributed by atoms with Gasteiger partial charge in [0.2, 0.25) is 0 Å². The van der Waals surface area contributed by atoms with E-state index in [9.17, 15) is 4.39 Å². The standard InChI is InChI=1S/C21H23FN8O/c1-2-30-19-14(11-24-12-17(19)25-21(30)18-20(23)27-31-26-18)13-28-7-9-29(10-8-28)16-5-3-15(22)4-6-16/h3-6,11-12H,2,7-10,13H2,1H3,(H2,23,27). The first-order valence-corrected chi connectivity index (χ1v) is 10.3. The monoisotopic (exact) mass is 422 g/mol. The summed E-state index contributed by atoms with van der Waals surface area (Å²) >= 11 is 0. The van der Waals surface area contributed by atoms with Crippen LogP contribution in [0.4, 0.5) is 15.9 Å². The van der Waals surface area contributed by atoms with Gasteiger partial charge in [-0.1, -0.05) is 0 Å². The fourth-order valence-electron chi connectivity index (χ4n) is 4.17. The van der Waals surface area contributed by atoms with Crippen molar-refractivity contribution in [2.75, 3.05) is 36.8 Å². The fourth-order valence-corrected chi connectivity index (χ4v) is 4.17. The molecule has 1 fully saturated rings. The molecule has 4 aromatic rings. The Labute approximate surface area is 178 Å². The Kier molecular flexibility index (Phi) is 4.99. The van der Waals surface area contributed by atoms with Crippen LogP contribution in [0.15, 0.2) is 41.3 Å². The van der Waals surface area contributed by atoms with Gasteiger partial charge in [0.15, 0.2) is 17.3 Å². The number of imidazole rings is 1. The molecule has 2 N–H and O–H groups in total. The maximum Gasteiger partial charge on any atom is 0.199 e. The summed E-state index contributed by atoms with van der Waals surface area (Å²) in [6.45, 7) is 7.10. The summed E-state index contributed by atoms with van der Waals surface area (Å²) in [4.78, 5) is 13.8. The second-order valence-electron chi connectivity index (χ2n) is 7.58. The number of rotatable bonds is 5. The molecule has 0 bridgehead atoms. The molecular weight excluding hydrogens is 399 g/mol. The van der Waals surface area contributed by atoms with Crippen molar-refractivity contribution < 1.29 is 9.02 Å². The number of halogens is 1. The molecule has 1 aliphatic heterocycles. The van der Waals surface area contributed by atoms with E-state index in [1.54, 1.807) is 6.20 Å². The second-order valence-corrected chi connectivity index (χ2v) is 7.58. The predicted octanol–water partition coefficient (Wildman–Crippen LogP) is 2.54. The summed E-state index contributed by atoms with van der Waals surface area (Å²) in [5.74, 6) is 0.640. The van der Waals surface area contributed by atoms with Gasteiger partial charge in [0.05, 0.1) is 11.7 Å². The van der Waals surface area contributed by atoms with E-state index in [1.165, 1.54) is 12.1 Å². The Hall–Kier alpha value is -3.53. The first kappa shape index (κ1) is 19.4. The van der Waals surface area contributed by atoms with Gasteiger partial charge in [-0.2, -0.15) is 0 Å². The number of aryl methyl sites for hydroxylation is 1. The van der Waals surface area contributed by atoms with Crippen LogP contribution in [-0.2, 0) is 13.1 Å². The Balaban J connectivity index is 1.38. The molecule has 0 atom stereocenters. The van der Waals surface area contributed by atoms with E-state index in [1.807, 2.05) is 18.3 Å². The van der Waals surface area contributed by atoms with E-state index in [2.05, 4.69) is 36.6 Å². The third-order valence-corrected chi connectivity index (χ3v) is 5.73. The van der Waals surface area contributed by atoms with Crippen LogP contribution < -0.4 is 10.6 Å². The lowest BCUT2D eigenvalue weighted by Crippen LogP contribution is -2.46. The number of aromatic nitrogens is 5. The molecule has 3 aromatic heterocycles. The van der Waals surface area contributed by atoms with Crippen LogP contribution in [0.5, 0.6) is 0 Å². The smallest absolute Gasteiger partial charge is 0.199 e. The van der Waals surface area contributed by atoms with Gasteiger partial charge in [-0.05, 0) is 41.5 Å². The first-order valence-electron chi connectivity index (χ1n) is 10.3. The number of nitrogens with two attached hydrogens (primary N) is 1. The average Bonchev–Trinajstić information content (AvgIpc) is 3.38. The third kappa shape index (κ3) is 3.59.